The maximum absolute atomic E-state index is 13.2. The second kappa shape index (κ2) is 7.30. The van der Waals surface area contributed by atoms with Crippen LogP contribution < -0.4 is 5.32 Å². The number of aromatic nitrogens is 2. The van der Waals surface area contributed by atoms with Gasteiger partial charge in [0.05, 0.1) is 6.54 Å². The van der Waals surface area contributed by atoms with Crippen LogP contribution in [0, 0.1) is 26.6 Å². The van der Waals surface area contributed by atoms with Gasteiger partial charge in [0.25, 0.3) is 5.91 Å². The number of nitrogens with zero attached hydrogens (tertiary/aromatic N) is 2. The van der Waals surface area contributed by atoms with Crippen LogP contribution in [0.25, 0.3) is 0 Å². The smallest absolute Gasteiger partial charge is 0.257 e. The Hall–Kier alpha value is -2.66. The molecule has 0 bridgehead atoms. The third-order valence-electron chi connectivity index (χ3n) is 4.20. The molecule has 6 heteroatoms. The summed E-state index contributed by atoms with van der Waals surface area (Å²) in [6.07, 6.45) is 0. The van der Waals surface area contributed by atoms with Crippen molar-refractivity contribution in [3.05, 3.63) is 81.3 Å². The molecule has 0 atom stereocenters. The van der Waals surface area contributed by atoms with Gasteiger partial charge >= 0.3 is 0 Å². The van der Waals surface area contributed by atoms with E-state index in [9.17, 15) is 9.18 Å². The molecule has 0 aliphatic heterocycles. The molecule has 4 nitrogen and oxygen atoms in total. The lowest BCUT2D eigenvalue weighted by Gasteiger charge is -2.08. The molecule has 0 aliphatic carbocycles. The Kier molecular flexibility index (Phi) is 5.09. The molecular weight excluding hydrogens is 353 g/mol. The summed E-state index contributed by atoms with van der Waals surface area (Å²) in [5.41, 5.74) is 4.17. The Morgan fingerprint density at radius 3 is 2.65 bits per heavy atom. The first kappa shape index (κ1) is 18.1. The molecule has 3 rings (SSSR count). The van der Waals surface area contributed by atoms with Crippen LogP contribution in [0.15, 0.2) is 42.5 Å². The van der Waals surface area contributed by atoms with Gasteiger partial charge in [0, 0.05) is 22.3 Å². The van der Waals surface area contributed by atoms with Crippen LogP contribution in [0.4, 0.5) is 10.2 Å². The van der Waals surface area contributed by atoms with Crippen LogP contribution in [0.5, 0.6) is 0 Å². The van der Waals surface area contributed by atoms with Crippen LogP contribution in [-0.2, 0) is 6.54 Å². The minimum absolute atomic E-state index is 0.198. The van der Waals surface area contributed by atoms with Crippen LogP contribution >= 0.6 is 11.6 Å². The third kappa shape index (κ3) is 3.94. The number of carbonyl (C=O) groups is 1. The minimum Gasteiger partial charge on any atom is -0.305 e. The van der Waals surface area contributed by atoms with Gasteiger partial charge in [-0.15, -0.1) is 0 Å². The summed E-state index contributed by atoms with van der Waals surface area (Å²) >= 11 is 6.08. The highest BCUT2D eigenvalue weighted by Gasteiger charge is 2.13. The maximum Gasteiger partial charge on any atom is 0.257 e. The molecule has 134 valence electrons. The number of hydrogen-bond acceptors (Lipinski definition) is 2. The van der Waals surface area contributed by atoms with Gasteiger partial charge in [0.15, 0.2) is 5.82 Å². The van der Waals surface area contributed by atoms with E-state index in [1.807, 2.05) is 39.0 Å². The van der Waals surface area contributed by atoms with Crippen molar-refractivity contribution in [3.63, 3.8) is 0 Å². The van der Waals surface area contributed by atoms with E-state index in [0.717, 1.165) is 22.4 Å². The summed E-state index contributed by atoms with van der Waals surface area (Å²) in [6.45, 7) is 6.12. The number of halogens is 2. The lowest BCUT2D eigenvalue weighted by molar-refractivity contribution is 0.102. The molecule has 0 fully saturated rings. The monoisotopic (exact) mass is 371 g/mol. The van der Waals surface area contributed by atoms with Crippen molar-refractivity contribution in [1.29, 1.82) is 0 Å². The molecule has 2 aromatic carbocycles. The molecule has 0 unspecified atom stereocenters. The van der Waals surface area contributed by atoms with Gasteiger partial charge < -0.3 is 5.32 Å². The molecule has 0 spiro atoms. The molecule has 0 radical (unpaired) electrons. The predicted octanol–water partition coefficient (Wildman–Crippen LogP) is 4.90. The lowest BCUT2D eigenvalue weighted by atomic mass is 10.1. The van der Waals surface area contributed by atoms with E-state index in [0.29, 0.717) is 22.9 Å². The van der Waals surface area contributed by atoms with E-state index in [-0.39, 0.29) is 11.7 Å². The van der Waals surface area contributed by atoms with Gasteiger partial charge in [-0.1, -0.05) is 35.4 Å². The number of carbonyl (C=O) groups excluding carboxylic acids is 1. The van der Waals surface area contributed by atoms with E-state index < -0.39 is 0 Å². The van der Waals surface area contributed by atoms with Crippen LogP contribution in [0.1, 0.15) is 32.7 Å². The molecule has 0 saturated heterocycles. The highest BCUT2D eigenvalue weighted by Crippen LogP contribution is 2.20. The zero-order valence-electron chi connectivity index (χ0n) is 14.8. The van der Waals surface area contributed by atoms with Gasteiger partial charge in [-0.05, 0) is 50.1 Å². The van der Waals surface area contributed by atoms with Crippen molar-refractivity contribution in [2.75, 3.05) is 5.32 Å². The summed E-state index contributed by atoms with van der Waals surface area (Å²) < 4.78 is 14.9. The van der Waals surface area contributed by atoms with E-state index in [2.05, 4.69) is 10.4 Å². The summed E-state index contributed by atoms with van der Waals surface area (Å²) in [6, 6.07) is 11.8. The fraction of sp³-hybridized carbons (Fsp3) is 0.200. The van der Waals surface area contributed by atoms with E-state index in [4.69, 9.17) is 11.6 Å². The van der Waals surface area contributed by atoms with Gasteiger partial charge in [-0.25, -0.2) is 4.39 Å². The van der Waals surface area contributed by atoms with E-state index >= 15 is 0 Å². The molecule has 1 heterocycles. The Balaban J connectivity index is 1.79. The molecule has 1 amide bonds. The SMILES string of the molecule is Cc1ccc(C)c(C(=O)Nc2cc(C)n(Cc3ccc(F)cc3Cl)n2)c1. The minimum atomic E-state index is -0.377. The molecule has 1 aromatic heterocycles. The van der Waals surface area contributed by atoms with Crippen LogP contribution in [0.2, 0.25) is 5.02 Å². The van der Waals surface area contributed by atoms with Crippen LogP contribution in [0.3, 0.4) is 0 Å². The number of benzene rings is 2. The Labute approximate surface area is 156 Å². The summed E-state index contributed by atoms with van der Waals surface area (Å²) in [7, 11) is 0. The average Bonchev–Trinajstić information content (AvgIpc) is 2.91. The van der Waals surface area contributed by atoms with Crippen LogP contribution in [-0.4, -0.2) is 15.7 Å². The Morgan fingerprint density at radius 1 is 1.15 bits per heavy atom. The molecule has 1 N–H and O–H groups in total. The fourth-order valence-electron chi connectivity index (χ4n) is 2.71. The van der Waals surface area contributed by atoms with Crippen molar-refractivity contribution in [1.82, 2.24) is 9.78 Å². The topological polar surface area (TPSA) is 46.9 Å². The molecule has 0 saturated carbocycles. The number of hydrogen-bond donors (Lipinski definition) is 1. The summed E-state index contributed by atoms with van der Waals surface area (Å²) in [5.74, 6) is -0.111. The van der Waals surface area contributed by atoms with E-state index in [1.165, 1.54) is 12.1 Å². The quantitative estimate of drug-likeness (QED) is 0.708. The Bertz CT molecular complexity index is 981. The second-order valence-electron chi connectivity index (χ2n) is 6.34. The molecule has 3 aromatic rings. The Morgan fingerprint density at radius 2 is 1.92 bits per heavy atom. The number of anilines is 1. The highest BCUT2D eigenvalue weighted by molar-refractivity contribution is 6.31. The molecule has 0 aliphatic rings. The predicted molar refractivity (Wildman–Crippen MR) is 101 cm³/mol. The zero-order valence-corrected chi connectivity index (χ0v) is 15.6. The van der Waals surface area contributed by atoms with Gasteiger partial charge in [0.1, 0.15) is 5.82 Å². The van der Waals surface area contributed by atoms with Crippen molar-refractivity contribution >= 4 is 23.3 Å². The number of aryl methyl sites for hydroxylation is 3. The summed E-state index contributed by atoms with van der Waals surface area (Å²) in [4.78, 5) is 12.5. The molecular formula is C20H19ClFN3O. The lowest BCUT2D eigenvalue weighted by Crippen LogP contribution is -2.14. The second-order valence-corrected chi connectivity index (χ2v) is 6.74. The largest absolute Gasteiger partial charge is 0.305 e. The zero-order chi connectivity index (χ0) is 18.8. The van der Waals surface area contributed by atoms with E-state index in [1.54, 1.807) is 16.8 Å². The average molecular weight is 372 g/mol. The normalized spacial score (nSPS) is 10.8. The van der Waals surface area contributed by atoms with Gasteiger partial charge in [-0.3, -0.25) is 9.48 Å². The maximum atomic E-state index is 13.2. The number of nitrogens with one attached hydrogen (secondary N) is 1. The van der Waals surface area contributed by atoms with Crippen molar-refractivity contribution in [3.8, 4) is 0 Å². The highest BCUT2D eigenvalue weighted by atomic mass is 35.5. The fourth-order valence-corrected chi connectivity index (χ4v) is 2.93. The van der Waals surface area contributed by atoms with Gasteiger partial charge in [0.2, 0.25) is 0 Å². The number of amides is 1. The van der Waals surface area contributed by atoms with Gasteiger partial charge in [-0.2, -0.15) is 5.10 Å². The van der Waals surface area contributed by atoms with Crippen molar-refractivity contribution < 1.29 is 9.18 Å². The molecule has 26 heavy (non-hydrogen) atoms. The van der Waals surface area contributed by atoms with Crippen molar-refractivity contribution in [2.24, 2.45) is 0 Å². The summed E-state index contributed by atoms with van der Waals surface area (Å²) in [5, 5.41) is 7.60. The third-order valence-corrected chi connectivity index (χ3v) is 4.55. The standard InChI is InChI=1S/C20H19ClFN3O/c1-12-4-5-13(2)17(8-12)20(26)23-19-9-14(3)25(24-19)11-15-6-7-16(22)10-18(15)21/h4-10H,11H2,1-3H3,(H,23,24,26). The van der Waals surface area contributed by atoms with Crippen molar-refractivity contribution in [2.45, 2.75) is 27.3 Å². The first-order chi connectivity index (χ1) is 12.3. The first-order valence-electron chi connectivity index (χ1n) is 8.20. The first-order valence-corrected chi connectivity index (χ1v) is 8.58. The number of rotatable bonds is 4.